The molecule has 2 aromatic heterocycles. The quantitative estimate of drug-likeness (QED) is 0.592. The minimum atomic E-state index is -1.07. The zero-order valence-corrected chi connectivity index (χ0v) is 15.8. The van der Waals surface area contributed by atoms with Gasteiger partial charge in [0, 0.05) is 10.0 Å². The molecule has 3 aromatic rings. The van der Waals surface area contributed by atoms with Crippen LogP contribution in [0, 0.1) is 0 Å². The van der Waals surface area contributed by atoms with E-state index in [4.69, 9.17) is 4.42 Å². The number of nitrogens with zero attached hydrogens (tertiary/aromatic N) is 5. The Morgan fingerprint density at radius 1 is 1.32 bits per heavy atom. The van der Waals surface area contributed by atoms with E-state index in [0.717, 1.165) is 5.01 Å². The Morgan fingerprint density at radius 3 is 2.86 bits per heavy atom. The van der Waals surface area contributed by atoms with Gasteiger partial charge < -0.3 is 9.52 Å². The number of nitrogens with one attached hydrogen (secondary N) is 1. The molecule has 0 fully saturated rings. The van der Waals surface area contributed by atoms with Gasteiger partial charge in [-0.15, -0.1) is 5.10 Å². The van der Waals surface area contributed by atoms with Crippen molar-refractivity contribution in [1.29, 1.82) is 0 Å². The highest BCUT2D eigenvalue weighted by molar-refractivity contribution is 9.10. The number of aromatic amines is 1. The Labute approximate surface area is 165 Å². The van der Waals surface area contributed by atoms with Crippen LogP contribution < -0.4 is 5.01 Å². The maximum Gasteiger partial charge on any atom is 0.336 e. The van der Waals surface area contributed by atoms with Gasteiger partial charge >= 0.3 is 5.97 Å². The third-order valence-corrected chi connectivity index (χ3v) is 4.47. The molecule has 28 heavy (non-hydrogen) atoms. The van der Waals surface area contributed by atoms with Crippen molar-refractivity contribution < 1.29 is 19.1 Å². The van der Waals surface area contributed by atoms with Crippen LogP contribution in [0.15, 0.2) is 49.9 Å². The van der Waals surface area contributed by atoms with E-state index in [1.807, 2.05) is 0 Å². The van der Waals surface area contributed by atoms with Gasteiger partial charge in [0.1, 0.15) is 11.5 Å². The summed E-state index contributed by atoms with van der Waals surface area (Å²) in [5.41, 5.74) is 1.29. The molecule has 1 aliphatic heterocycles. The Bertz CT molecular complexity index is 1150. The molecule has 0 saturated heterocycles. The van der Waals surface area contributed by atoms with E-state index in [-0.39, 0.29) is 11.5 Å². The number of carbonyl (C=O) groups is 2. The van der Waals surface area contributed by atoms with Gasteiger partial charge in [0.05, 0.1) is 16.8 Å². The number of carboxylic acid groups (broad SMARTS) is 1. The number of hydrogen-bond acceptors (Lipinski definition) is 7. The van der Waals surface area contributed by atoms with Crippen LogP contribution in [0.1, 0.15) is 23.0 Å². The van der Waals surface area contributed by atoms with E-state index >= 15 is 0 Å². The summed E-state index contributed by atoms with van der Waals surface area (Å²) in [5, 5.41) is 27.7. The summed E-state index contributed by atoms with van der Waals surface area (Å²) >= 11 is 3.26. The minimum Gasteiger partial charge on any atom is -0.478 e. The number of tetrazole rings is 1. The molecule has 10 nitrogen and oxygen atoms in total. The molecule has 0 aliphatic carbocycles. The molecule has 4 rings (SSSR count). The number of H-pyrrole nitrogens is 1. The normalized spacial score (nSPS) is 15.4. The first-order valence-electron chi connectivity index (χ1n) is 7.92. The molecule has 1 aromatic carbocycles. The van der Waals surface area contributed by atoms with E-state index in [1.165, 1.54) is 12.1 Å². The number of furan rings is 1. The number of rotatable bonds is 4. The maximum atomic E-state index is 12.6. The van der Waals surface area contributed by atoms with E-state index < -0.39 is 11.9 Å². The average molecular weight is 443 g/mol. The van der Waals surface area contributed by atoms with Crippen molar-refractivity contribution in [1.82, 2.24) is 20.6 Å². The lowest BCUT2D eigenvalue weighted by Gasteiger charge is -2.04. The molecular formula is C17H11BrN6O4. The summed E-state index contributed by atoms with van der Waals surface area (Å²) in [6.07, 6.45) is 1.53. The topological polar surface area (TPSA) is 138 Å². The first-order valence-corrected chi connectivity index (χ1v) is 8.71. The fourth-order valence-corrected chi connectivity index (χ4v) is 3.05. The van der Waals surface area contributed by atoms with Crippen molar-refractivity contribution in [3.8, 4) is 11.3 Å². The van der Waals surface area contributed by atoms with E-state index in [9.17, 15) is 14.7 Å². The molecule has 0 spiro atoms. The molecule has 11 heteroatoms. The molecule has 0 atom stereocenters. The van der Waals surface area contributed by atoms with Crippen LogP contribution in [-0.4, -0.2) is 43.3 Å². The number of hydrogen-bond donors (Lipinski definition) is 2. The van der Waals surface area contributed by atoms with E-state index in [1.54, 1.807) is 31.2 Å². The van der Waals surface area contributed by atoms with Crippen LogP contribution in [0.4, 0.5) is 5.95 Å². The molecule has 0 bridgehead atoms. The van der Waals surface area contributed by atoms with Gasteiger partial charge in [-0.1, -0.05) is 21.0 Å². The Morgan fingerprint density at radius 2 is 2.14 bits per heavy atom. The second-order valence-electron chi connectivity index (χ2n) is 5.77. The Balaban J connectivity index is 1.67. The highest BCUT2D eigenvalue weighted by atomic mass is 79.9. The van der Waals surface area contributed by atoms with Crippen LogP contribution in [0.2, 0.25) is 0 Å². The van der Waals surface area contributed by atoms with Crippen LogP contribution in [0.5, 0.6) is 0 Å². The smallest absolute Gasteiger partial charge is 0.336 e. The zero-order chi connectivity index (χ0) is 19.8. The van der Waals surface area contributed by atoms with Crippen molar-refractivity contribution in [2.24, 2.45) is 5.10 Å². The summed E-state index contributed by atoms with van der Waals surface area (Å²) in [6.45, 7) is 1.67. The van der Waals surface area contributed by atoms with Crippen molar-refractivity contribution in [3.05, 3.63) is 51.7 Å². The molecule has 3 heterocycles. The van der Waals surface area contributed by atoms with E-state index in [0.29, 0.717) is 32.8 Å². The van der Waals surface area contributed by atoms with Crippen LogP contribution >= 0.6 is 15.9 Å². The van der Waals surface area contributed by atoms with E-state index in [2.05, 4.69) is 41.7 Å². The monoisotopic (exact) mass is 442 g/mol. The molecule has 1 aliphatic rings. The molecule has 0 unspecified atom stereocenters. The second kappa shape index (κ2) is 6.85. The average Bonchev–Trinajstić information content (AvgIpc) is 3.39. The molecule has 2 N–H and O–H groups in total. The Hall–Kier alpha value is -3.60. The third-order valence-electron chi connectivity index (χ3n) is 3.98. The number of hydrazone groups is 1. The van der Waals surface area contributed by atoms with Gasteiger partial charge in [0.25, 0.3) is 11.9 Å². The molecule has 0 saturated carbocycles. The highest BCUT2D eigenvalue weighted by Crippen LogP contribution is 2.30. The van der Waals surface area contributed by atoms with Gasteiger partial charge in [-0.05, 0) is 48.5 Å². The molecule has 0 radical (unpaired) electrons. The summed E-state index contributed by atoms with van der Waals surface area (Å²) in [4.78, 5) is 24.1. The first-order chi connectivity index (χ1) is 13.4. The third kappa shape index (κ3) is 3.11. The summed E-state index contributed by atoms with van der Waals surface area (Å²) in [5.74, 6) is -0.716. The lowest BCUT2D eigenvalue weighted by Crippen LogP contribution is -2.22. The van der Waals surface area contributed by atoms with Gasteiger partial charge in [-0.25, -0.2) is 4.79 Å². The lowest BCUT2D eigenvalue weighted by atomic mass is 10.1. The van der Waals surface area contributed by atoms with Gasteiger partial charge in [-0.3, -0.25) is 4.79 Å². The van der Waals surface area contributed by atoms with Crippen molar-refractivity contribution >= 4 is 45.5 Å². The van der Waals surface area contributed by atoms with Crippen molar-refractivity contribution in [2.45, 2.75) is 6.92 Å². The zero-order valence-electron chi connectivity index (χ0n) is 14.3. The number of carboxylic acids is 1. The van der Waals surface area contributed by atoms with Crippen molar-refractivity contribution in [2.75, 3.05) is 5.01 Å². The fourth-order valence-electron chi connectivity index (χ4n) is 2.69. The standard InChI is InChI=1S/C17H11BrN6O4/c1-8-12(15(25)24(21-8)17-19-22-23-20-17)7-10-3-5-14(28-10)11-4-2-9(18)6-13(11)16(26)27/h2-7H,1H3,(H,26,27)(H,19,20,22,23). The lowest BCUT2D eigenvalue weighted by molar-refractivity contribution is -0.114. The molecular weight excluding hydrogens is 432 g/mol. The Kier molecular flexibility index (Phi) is 4.35. The summed E-state index contributed by atoms with van der Waals surface area (Å²) < 4.78 is 6.40. The molecule has 1 amide bonds. The highest BCUT2D eigenvalue weighted by Gasteiger charge is 2.31. The van der Waals surface area contributed by atoms with Gasteiger partial charge in [0.2, 0.25) is 0 Å². The number of amides is 1. The predicted octanol–water partition coefficient (Wildman–Crippen LogP) is 2.73. The number of carbonyl (C=O) groups excluding carboxylic acids is 1. The number of halogens is 1. The number of aromatic carboxylic acids is 1. The number of anilines is 1. The second-order valence-corrected chi connectivity index (χ2v) is 6.68. The predicted molar refractivity (Wildman–Crippen MR) is 102 cm³/mol. The van der Waals surface area contributed by atoms with Crippen LogP contribution in [-0.2, 0) is 4.79 Å². The van der Waals surface area contributed by atoms with Gasteiger partial charge in [-0.2, -0.15) is 15.3 Å². The minimum absolute atomic E-state index is 0.0360. The fraction of sp³-hybridized carbons (Fsp3) is 0.0588. The largest absolute Gasteiger partial charge is 0.478 e. The summed E-state index contributed by atoms with van der Waals surface area (Å²) in [7, 11) is 0. The van der Waals surface area contributed by atoms with Crippen LogP contribution in [0.3, 0.4) is 0 Å². The number of aromatic nitrogens is 4. The maximum absolute atomic E-state index is 12.6. The van der Waals surface area contributed by atoms with Crippen molar-refractivity contribution in [3.63, 3.8) is 0 Å². The number of benzene rings is 1. The molecule has 140 valence electrons. The SMILES string of the molecule is CC1=NN(c2nn[nH]n2)C(=O)C1=Cc1ccc(-c2ccc(Br)cc2C(=O)O)o1. The van der Waals surface area contributed by atoms with Crippen LogP contribution in [0.25, 0.3) is 17.4 Å². The first kappa shape index (κ1) is 17.8. The van der Waals surface area contributed by atoms with Gasteiger partial charge in [0.15, 0.2) is 0 Å². The summed E-state index contributed by atoms with van der Waals surface area (Å²) in [6, 6.07) is 8.16.